The molecule has 2 aliphatic heterocycles. The Morgan fingerprint density at radius 2 is 1.13 bits per heavy atom. The van der Waals surface area contributed by atoms with Gasteiger partial charge in [0.2, 0.25) is 0 Å². The van der Waals surface area contributed by atoms with E-state index >= 15 is 0 Å². The molecule has 2 aromatic rings. The Morgan fingerprint density at radius 3 is 1.60 bits per heavy atom. The molecule has 1 fully saturated rings. The summed E-state index contributed by atoms with van der Waals surface area (Å²) in [5, 5.41) is 7.47. The molecule has 160 valence electrons. The second kappa shape index (κ2) is 7.41. The number of anilines is 2. The lowest BCUT2D eigenvalue weighted by Gasteiger charge is -2.41. The predicted octanol–water partition coefficient (Wildman–Crippen LogP) is 7.53. The zero-order valence-corrected chi connectivity index (χ0v) is 20.4. The standard InChI is InChI=1S/C26H34N2S2/c1-24(2)16-29-22-14-18(8-10-20(22)27-24)26(12-6-5-7-13-26)19-9-11-21-23(15-19)30-17-25(3,4)28-21/h8-11,14-15,27-28H,5-7,12-13,16-17H2,1-4H3. The van der Waals surface area contributed by atoms with Crippen molar-refractivity contribution in [3.63, 3.8) is 0 Å². The fourth-order valence-electron chi connectivity index (χ4n) is 5.30. The van der Waals surface area contributed by atoms with Gasteiger partial charge in [-0.1, -0.05) is 31.4 Å². The smallest absolute Gasteiger partial charge is 0.0482 e. The van der Waals surface area contributed by atoms with Crippen LogP contribution in [0.15, 0.2) is 46.2 Å². The van der Waals surface area contributed by atoms with Gasteiger partial charge in [0.1, 0.15) is 0 Å². The van der Waals surface area contributed by atoms with Crippen LogP contribution in [0.4, 0.5) is 11.4 Å². The Bertz CT molecular complexity index is 886. The molecule has 2 N–H and O–H groups in total. The first-order chi connectivity index (χ1) is 14.3. The number of hydrogen-bond acceptors (Lipinski definition) is 4. The lowest BCUT2D eigenvalue weighted by atomic mass is 9.65. The Labute approximate surface area is 190 Å². The highest BCUT2D eigenvalue weighted by Crippen LogP contribution is 2.49. The molecule has 2 aromatic carbocycles. The highest BCUT2D eigenvalue weighted by atomic mass is 32.2. The molecule has 0 atom stereocenters. The average molecular weight is 439 g/mol. The zero-order valence-electron chi connectivity index (χ0n) is 18.7. The van der Waals surface area contributed by atoms with Crippen molar-refractivity contribution in [1.82, 2.24) is 0 Å². The third-order valence-corrected chi connectivity index (χ3v) is 9.93. The van der Waals surface area contributed by atoms with E-state index in [-0.39, 0.29) is 16.5 Å². The molecule has 0 bridgehead atoms. The molecule has 0 saturated heterocycles. The number of fused-ring (bicyclic) bond motifs is 2. The molecule has 4 heteroatoms. The van der Waals surface area contributed by atoms with Gasteiger partial charge in [0.05, 0.1) is 0 Å². The van der Waals surface area contributed by atoms with E-state index in [1.54, 1.807) is 0 Å². The fourth-order valence-corrected chi connectivity index (χ4v) is 7.45. The second-order valence-corrected chi connectivity index (χ2v) is 12.7. The highest BCUT2D eigenvalue weighted by Gasteiger charge is 2.38. The molecule has 1 saturated carbocycles. The first kappa shape index (κ1) is 20.6. The molecule has 0 unspecified atom stereocenters. The maximum atomic E-state index is 3.73. The monoisotopic (exact) mass is 438 g/mol. The minimum absolute atomic E-state index is 0.156. The van der Waals surface area contributed by atoms with Gasteiger partial charge in [0, 0.05) is 49.2 Å². The van der Waals surface area contributed by atoms with Gasteiger partial charge in [0.25, 0.3) is 0 Å². The molecule has 1 aliphatic carbocycles. The van der Waals surface area contributed by atoms with Crippen LogP contribution in [0.5, 0.6) is 0 Å². The van der Waals surface area contributed by atoms with Crippen molar-refractivity contribution in [1.29, 1.82) is 0 Å². The maximum absolute atomic E-state index is 3.73. The van der Waals surface area contributed by atoms with Crippen LogP contribution in [-0.4, -0.2) is 22.6 Å². The van der Waals surface area contributed by atoms with Crippen molar-refractivity contribution < 1.29 is 0 Å². The second-order valence-electron chi connectivity index (χ2n) is 10.7. The molecule has 0 amide bonds. The summed E-state index contributed by atoms with van der Waals surface area (Å²) in [6, 6.07) is 14.5. The van der Waals surface area contributed by atoms with Crippen LogP contribution in [0.25, 0.3) is 0 Å². The van der Waals surface area contributed by atoms with Crippen molar-refractivity contribution in [2.75, 3.05) is 22.1 Å². The first-order valence-electron chi connectivity index (χ1n) is 11.4. The Kier molecular flexibility index (Phi) is 5.10. The van der Waals surface area contributed by atoms with Crippen LogP contribution >= 0.6 is 23.5 Å². The molecule has 3 aliphatic rings. The summed E-state index contributed by atoms with van der Waals surface area (Å²) in [5.41, 5.74) is 6.13. The van der Waals surface area contributed by atoms with Crippen molar-refractivity contribution in [3.05, 3.63) is 47.5 Å². The van der Waals surface area contributed by atoms with Crippen molar-refractivity contribution in [3.8, 4) is 0 Å². The number of rotatable bonds is 2. The molecule has 30 heavy (non-hydrogen) atoms. The van der Waals surface area contributed by atoms with Crippen LogP contribution in [0.3, 0.4) is 0 Å². The summed E-state index contributed by atoms with van der Waals surface area (Å²) in [4.78, 5) is 2.85. The topological polar surface area (TPSA) is 24.1 Å². The summed E-state index contributed by atoms with van der Waals surface area (Å²) in [6.45, 7) is 9.17. The Morgan fingerprint density at radius 1 is 0.667 bits per heavy atom. The number of benzene rings is 2. The van der Waals surface area contributed by atoms with Gasteiger partial charge in [-0.2, -0.15) is 0 Å². The van der Waals surface area contributed by atoms with E-state index in [1.165, 1.54) is 64.4 Å². The van der Waals surface area contributed by atoms with Crippen molar-refractivity contribution in [2.24, 2.45) is 0 Å². The maximum Gasteiger partial charge on any atom is 0.0482 e. The summed E-state index contributed by atoms with van der Waals surface area (Å²) in [7, 11) is 0. The summed E-state index contributed by atoms with van der Waals surface area (Å²) in [5.74, 6) is 2.24. The fraction of sp³-hybridized carbons (Fsp3) is 0.538. The van der Waals surface area contributed by atoms with Crippen molar-refractivity contribution >= 4 is 34.9 Å². The summed E-state index contributed by atoms with van der Waals surface area (Å²) < 4.78 is 0. The molecule has 0 aromatic heterocycles. The van der Waals surface area contributed by atoms with Crippen molar-refractivity contribution in [2.45, 2.75) is 86.1 Å². The van der Waals surface area contributed by atoms with E-state index in [9.17, 15) is 0 Å². The quantitative estimate of drug-likeness (QED) is 0.506. The van der Waals surface area contributed by atoms with E-state index in [1.807, 2.05) is 23.5 Å². The van der Waals surface area contributed by atoms with Gasteiger partial charge in [0.15, 0.2) is 0 Å². The van der Waals surface area contributed by atoms with E-state index in [0.29, 0.717) is 0 Å². The van der Waals surface area contributed by atoms with Crippen LogP contribution in [-0.2, 0) is 5.41 Å². The Balaban J connectivity index is 1.55. The highest BCUT2D eigenvalue weighted by molar-refractivity contribution is 7.99. The van der Waals surface area contributed by atoms with Crippen LogP contribution in [0, 0.1) is 0 Å². The summed E-state index contributed by atoms with van der Waals surface area (Å²) >= 11 is 4.03. The molecule has 0 spiro atoms. The minimum Gasteiger partial charge on any atom is -0.378 e. The predicted molar refractivity (Wildman–Crippen MR) is 134 cm³/mol. The average Bonchev–Trinajstić information content (AvgIpc) is 2.72. The van der Waals surface area contributed by atoms with E-state index < -0.39 is 0 Å². The minimum atomic E-state index is 0.156. The zero-order chi connectivity index (χ0) is 21.0. The number of hydrogen-bond donors (Lipinski definition) is 2. The Hall–Kier alpha value is -1.26. The molecule has 2 heterocycles. The normalized spacial score (nSPS) is 23.5. The van der Waals surface area contributed by atoms with Gasteiger partial charge >= 0.3 is 0 Å². The summed E-state index contributed by atoms with van der Waals surface area (Å²) in [6.07, 6.45) is 6.54. The largest absolute Gasteiger partial charge is 0.378 e. The van der Waals surface area contributed by atoms with Gasteiger partial charge in [-0.05, 0) is 75.9 Å². The van der Waals surface area contributed by atoms with Gasteiger partial charge < -0.3 is 10.6 Å². The third kappa shape index (κ3) is 3.75. The molecule has 2 nitrogen and oxygen atoms in total. The molecular formula is C26H34N2S2. The number of thioether (sulfide) groups is 2. The molecule has 5 rings (SSSR count). The van der Waals surface area contributed by atoms with E-state index in [4.69, 9.17) is 0 Å². The van der Waals surface area contributed by atoms with Gasteiger partial charge in [-0.15, -0.1) is 23.5 Å². The third-order valence-electron chi connectivity index (χ3n) is 6.90. The van der Waals surface area contributed by atoms with Crippen LogP contribution in [0.2, 0.25) is 0 Å². The van der Waals surface area contributed by atoms with Gasteiger partial charge in [-0.25, -0.2) is 0 Å². The lowest BCUT2D eigenvalue weighted by Crippen LogP contribution is -2.37. The van der Waals surface area contributed by atoms with E-state index in [0.717, 1.165) is 11.5 Å². The molecular weight excluding hydrogens is 404 g/mol. The first-order valence-corrected chi connectivity index (χ1v) is 13.3. The SMILES string of the molecule is CC1(C)CSc2cc(C3(c4ccc5c(c4)SCC(C)(C)N5)CCCCC3)ccc2N1. The van der Waals surface area contributed by atoms with Crippen LogP contribution in [0.1, 0.15) is 70.9 Å². The van der Waals surface area contributed by atoms with E-state index in [2.05, 4.69) is 74.7 Å². The van der Waals surface area contributed by atoms with Gasteiger partial charge in [-0.3, -0.25) is 0 Å². The molecule has 0 radical (unpaired) electrons. The lowest BCUT2D eigenvalue weighted by molar-refractivity contribution is 0.345. The van der Waals surface area contributed by atoms with Crippen LogP contribution < -0.4 is 10.6 Å². The number of nitrogens with one attached hydrogen (secondary N) is 2.